The van der Waals surface area contributed by atoms with E-state index in [1.54, 1.807) is 45.0 Å². The number of amides is 1. The van der Waals surface area contributed by atoms with E-state index in [0.29, 0.717) is 22.6 Å². The Morgan fingerprint density at radius 3 is 2.59 bits per heavy atom. The van der Waals surface area contributed by atoms with Gasteiger partial charge in [0.2, 0.25) is 0 Å². The molecule has 0 aromatic carbocycles. The second-order valence-electron chi connectivity index (χ2n) is 5.39. The lowest BCUT2D eigenvalue weighted by atomic mass is 10.2. The highest BCUT2D eigenvalue weighted by Crippen LogP contribution is 2.17. The first-order valence-electron chi connectivity index (χ1n) is 6.53. The van der Waals surface area contributed by atoms with Gasteiger partial charge in [0.1, 0.15) is 34.5 Å². The summed E-state index contributed by atoms with van der Waals surface area (Å²) < 4.78 is 5.17. The van der Waals surface area contributed by atoms with Crippen LogP contribution in [0.4, 0.5) is 22.2 Å². The number of ether oxygens (including phenoxy) is 1. The first-order chi connectivity index (χ1) is 10.3. The van der Waals surface area contributed by atoms with Crippen LogP contribution in [0.25, 0.3) is 0 Å². The zero-order chi connectivity index (χ0) is 16.2. The van der Waals surface area contributed by atoms with Crippen molar-refractivity contribution in [2.45, 2.75) is 26.4 Å². The third-order valence-electron chi connectivity index (χ3n) is 2.27. The molecule has 2 heterocycles. The maximum absolute atomic E-state index is 11.7. The summed E-state index contributed by atoms with van der Waals surface area (Å²) in [7, 11) is 0. The van der Waals surface area contributed by atoms with Crippen LogP contribution in [0.1, 0.15) is 20.8 Å². The van der Waals surface area contributed by atoms with Crippen molar-refractivity contribution in [1.29, 1.82) is 0 Å². The number of aromatic nitrogens is 3. The molecule has 2 aromatic rings. The molecule has 0 fully saturated rings. The molecular formula is C14H16ClN5O2. The molecule has 0 radical (unpaired) electrons. The van der Waals surface area contributed by atoms with Gasteiger partial charge in [0.05, 0.1) is 0 Å². The Balaban J connectivity index is 2.05. The fraction of sp³-hybridized carbons (Fsp3) is 0.286. The van der Waals surface area contributed by atoms with Gasteiger partial charge in [0.25, 0.3) is 0 Å². The normalized spacial score (nSPS) is 10.9. The fourth-order valence-corrected chi connectivity index (χ4v) is 1.66. The Morgan fingerprint density at radius 2 is 1.91 bits per heavy atom. The topological polar surface area (TPSA) is 89.0 Å². The first-order valence-corrected chi connectivity index (χ1v) is 6.91. The Morgan fingerprint density at radius 1 is 1.18 bits per heavy atom. The van der Waals surface area contributed by atoms with Crippen LogP contribution in [-0.4, -0.2) is 26.6 Å². The number of anilines is 3. The molecule has 2 rings (SSSR count). The lowest BCUT2D eigenvalue weighted by Gasteiger charge is -2.19. The zero-order valence-electron chi connectivity index (χ0n) is 12.4. The lowest BCUT2D eigenvalue weighted by molar-refractivity contribution is 0.0635. The maximum Gasteiger partial charge on any atom is 0.413 e. The maximum atomic E-state index is 11.7. The molecule has 1 amide bonds. The minimum atomic E-state index is -0.572. The van der Waals surface area contributed by atoms with E-state index >= 15 is 0 Å². The van der Waals surface area contributed by atoms with Crippen molar-refractivity contribution >= 4 is 35.1 Å². The third-order valence-corrected chi connectivity index (χ3v) is 2.47. The van der Waals surface area contributed by atoms with Crippen molar-refractivity contribution < 1.29 is 9.53 Å². The first kappa shape index (κ1) is 16.0. The molecule has 2 aromatic heterocycles. The Labute approximate surface area is 133 Å². The number of hydrogen-bond donors (Lipinski definition) is 2. The van der Waals surface area contributed by atoms with Crippen molar-refractivity contribution in [3.8, 4) is 0 Å². The molecule has 2 N–H and O–H groups in total. The third kappa shape index (κ3) is 5.17. The molecule has 0 aliphatic carbocycles. The van der Waals surface area contributed by atoms with Crippen LogP contribution < -0.4 is 10.6 Å². The van der Waals surface area contributed by atoms with Crippen molar-refractivity contribution in [2.24, 2.45) is 0 Å². The van der Waals surface area contributed by atoms with Crippen molar-refractivity contribution in [3.63, 3.8) is 0 Å². The summed E-state index contributed by atoms with van der Waals surface area (Å²) in [5.74, 6) is 1.37. The van der Waals surface area contributed by atoms with Crippen LogP contribution in [-0.2, 0) is 4.74 Å². The molecule has 0 aliphatic heterocycles. The fourth-order valence-electron chi connectivity index (χ4n) is 1.52. The standard InChI is InChI=1S/C14H16ClN5O2/c1-14(2,3)22-13(21)20-11-6-4-5-10(18-11)19-12-7-9(15)16-8-17-12/h4-8H,1-3H3,(H2,16,17,18,19,20,21). The molecular weight excluding hydrogens is 306 g/mol. The summed E-state index contributed by atoms with van der Waals surface area (Å²) in [5.41, 5.74) is -0.572. The van der Waals surface area contributed by atoms with E-state index in [9.17, 15) is 4.79 Å². The van der Waals surface area contributed by atoms with Gasteiger partial charge in [0.15, 0.2) is 0 Å². The van der Waals surface area contributed by atoms with Gasteiger partial charge in [-0.15, -0.1) is 0 Å². The van der Waals surface area contributed by atoms with Crippen LogP contribution in [0, 0.1) is 0 Å². The summed E-state index contributed by atoms with van der Waals surface area (Å²) in [6.45, 7) is 5.37. The molecule has 0 saturated heterocycles. The number of hydrogen-bond acceptors (Lipinski definition) is 6. The van der Waals surface area contributed by atoms with Crippen molar-refractivity contribution in [2.75, 3.05) is 10.6 Å². The summed E-state index contributed by atoms with van der Waals surface area (Å²) in [5, 5.41) is 5.85. The molecule has 0 unspecified atom stereocenters. The minimum Gasteiger partial charge on any atom is -0.444 e. The highest BCUT2D eigenvalue weighted by Gasteiger charge is 2.16. The van der Waals surface area contributed by atoms with Crippen LogP contribution >= 0.6 is 11.6 Å². The number of nitrogens with one attached hydrogen (secondary N) is 2. The molecule has 0 saturated carbocycles. The quantitative estimate of drug-likeness (QED) is 0.839. The average Bonchev–Trinajstić information content (AvgIpc) is 2.36. The summed E-state index contributed by atoms with van der Waals surface area (Å²) in [4.78, 5) is 23.8. The highest BCUT2D eigenvalue weighted by atomic mass is 35.5. The van der Waals surface area contributed by atoms with Gasteiger partial charge in [-0.1, -0.05) is 17.7 Å². The summed E-state index contributed by atoms with van der Waals surface area (Å²) in [6, 6.07) is 6.69. The number of carbonyl (C=O) groups is 1. The second kappa shape index (κ2) is 6.57. The van der Waals surface area contributed by atoms with E-state index in [0.717, 1.165) is 0 Å². The Kier molecular flexibility index (Phi) is 4.77. The Bertz CT molecular complexity index is 672. The van der Waals surface area contributed by atoms with E-state index in [2.05, 4.69) is 25.6 Å². The lowest BCUT2D eigenvalue weighted by Crippen LogP contribution is -2.27. The molecule has 116 valence electrons. The van der Waals surface area contributed by atoms with Crippen molar-refractivity contribution in [3.05, 3.63) is 35.7 Å². The number of pyridine rings is 1. The van der Waals surface area contributed by atoms with E-state index in [-0.39, 0.29) is 0 Å². The van der Waals surface area contributed by atoms with Gasteiger partial charge in [-0.3, -0.25) is 5.32 Å². The van der Waals surface area contributed by atoms with E-state index in [1.807, 2.05) is 0 Å². The van der Waals surface area contributed by atoms with Crippen LogP contribution in [0.15, 0.2) is 30.6 Å². The SMILES string of the molecule is CC(C)(C)OC(=O)Nc1cccc(Nc2cc(Cl)ncn2)n1. The monoisotopic (exact) mass is 321 g/mol. The van der Waals surface area contributed by atoms with E-state index in [4.69, 9.17) is 16.3 Å². The predicted octanol–water partition coefficient (Wildman–Crippen LogP) is 3.62. The van der Waals surface area contributed by atoms with Gasteiger partial charge in [-0.2, -0.15) is 0 Å². The smallest absolute Gasteiger partial charge is 0.413 e. The zero-order valence-corrected chi connectivity index (χ0v) is 13.2. The molecule has 8 heteroatoms. The van der Waals surface area contributed by atoms with Crippen LogP contribution in [0.2, 0.25) is 5.15 Å². The van der Waals surface area contributed by atoms with Crippen LogP contribution in [0.3, 0.4) is 0 Å². The molecule has 0 spiro atoms. The van der Waals surface area contributed by atoms with Gasteiger partial charge in [-0.05, 0) is 32.9 Å². The molecule has 0 aliphatic rings. The van der Waals surface area contributed by atoms with Crippen LogP contribution in [0.5, 0.6) is 0 Å². The average molecular weight is 322 g/mol. The molecule has 7 nitrogen and oxygen atoms in total. The second-order valence-corrected chi connectivity index (χ2v) is 5.77. The van der Waals surface area contributed by atoms with Gasteiger partial charge < -0.3 is 10.1 Å². The predicted molar refractivity (Wildman–Crippen MR) is 84.4 cm³/mol. The van der Waals surface area contributed by atoms with Gasteiger partial charge in [0, 0.05) is 6.07 Å². The summed E-state index contributed by atoms with van der Waals surface area (Å²) in [6.07, 6.45) is 0.773. The molecule has 0 bridgehead atoms. The largest absolute Gasteiger partial charge is 0.444 e. The minimum absolute atomic E-state index is 0.320. The van der Waals surface area contributed by atoms with Gasteiger partial charge >= 0.3 is 6.09 Å². The number of rotatable bonds is 3. The number of nitrogens with zero attached hydrogens (tertiary/aromatic N) is 3. The number of halogens is 1. The Hall–Kier alpha value is -2.41. The highest BCUT2D eigenvalue weighted by molar-refractivity contribution is 6.29. The molecule has 22 heavy (non-hydrogen) atoms. The molecule has 0 atom stereocenters. The van der Waals surface area contributed by atoms with E-state index < -0.39 is 11.7 Å². The number of carbonyl (C=O) groups excluding carboxylic acids is 1. The van der Waals surface area contributed by atoms with E-state index in [1.165, 1.54) is 6.33 Å². The van der Waals surface area contributed by atoms with Crippen molar-refractivity contribution in [1.82, 2.24) is 15.0 Å². The summed E-state index contributed by atoms with van der Waals surface area (Å²) >= 11 is 5.79. The van der Waals surface area contributed by atoms with Gasteiger partial charge in [-0.25, -0.2) is 19.7 Å².